The van der Waals surface area contributed by atoms with Crippen molar-refractivity contribution in [2.75, 3.05) is 26.2 Å². The molecule has 9 heteroatoms. The number of halogens is 3. The highest BCUT2D eigenvalue weighted by atomic mass is 19.3. The van der Waals surface area contributed by atoms with E-state index in [0.717, 1.165) is 38.0 Å². The minimum Gasteiger partial charge on any atom is -0.461 e. The van der Waals surface area contributed by atoms with Gasteiger partial charge in [0.05, 0.1) is 0 Å². The van der Waals surface area contributed by atoms with Crippen LogP contribution in [0.15, 0.2) is 48.5 Å². The van der Waals surface area contributed by atoms with Crippen LogP contribution in [0.25, 0.3) is 10.9 Å². The number of fused-ring (bicyclic) bond motifs is 1. The lowest BCUT2D eigenvalue weighted by Crippen LogP contribution is -2.42. The Hall–Kier alpha value is -3.20. The normalized spacial score (nSPS) is 17.3. The summed E-state index contributed by atoms with van der Waals surface area (Å²) in [6.07, 6.45) is 0.753. The molecule has 6 nitrogen and oxygen atoms in total. The van der Waals surface area contributed by atoms with E-state index in [1.54, 1.807) is 24.3 Å². The minimum absolute atomic E-state index is 0.0595. The Kier molecular flexibility index (Phi) is 8.40. The number of nitrogens with one attached hydrogen (secondary N) is 1. The van der Waals surface area contributed by atoms with Gasteiger partial charge in [0.15, 0.2) is 0 Å². The molecule has 194 valence electrons. The van der Waals surface area contributed by atoms with Crippen molar-refractivity contribution in [2.45, 2.75) is 46.2 Å². The highest BCUT2D eigenvalue weighted by molar-refractivity contribution is 5.98. The maximum Gasteiger partial charge on any atom is 0.387 e. The number of ether oxygens (including phenoxy) is 2. The van der Waals surface area contributed by atoms with Crippen LogP contribution in [0.3, 0.4) is 0 Å². The van der Waals surface area contributed by atoms with Gasteiger partial charge in [-0.3, -0.25) is 9.69 Å². The van der Waals surface area contributed by atoms with E-state index in [1.807, 2.05) is 24.0 Å². The van der Waals surface area contributed by atoms with Crippen LogP contribution in [0, 0.1) is 5.92 Å². The molecule has 4 rings (SSSR count). The standard InChI is InChI=1S/C27H32F3N3O3/c1-3-33(26(34)25-14-21-13-23(36-27(29)30)10-11-24(21)31-25)17-20-5-4-12-32(16-20)15-19-6-8-22(9-7-19)35-18(2)28/h6-11,13-14,18,20,27,31H,3-5,12,15-17H2,1-2H3. The average Bonchev–Trinajstić information content (AvgIpc) is 3.26. The maximum atomic E-state index is 13.3. The number of hydrogen-bond donors (Lipinski definition) is 1. The number of rotatable bonds is 10. The Morgan fingerprint density at radius 2 is 1.86 bits per heavy atom. The SMILES string of the molecule is CCN(CC1CCCN(Cc2ccc(OC(C)F)cc2)C1)C(=O)c1cc2cc(OC(F)F)ccc2[nH]1. The third kappa shape index (κ3) is 6.72. The van der Waals surface area contributed by atoms with Crippen molar-refractivity contribution in [1.82, 2.24) is 14.8 Å². The summed E-state index contributed by atoms with van der Waals surface area (Å²) in [5, 5.41) is 0.647. The summed E-state index contributed by atoms with van der Waals surface area (Å²) in [5.41, 5.74) is 2.25. The van der Waals surface area contributed by atoms with Gasteiger partial charge >= 0.3 is 6.61 Å². The van der Waals surface area contributed by atoms with Gasteiger partial charge in [-0.2, -0.15) is 8.78 Å². The maximum absolute atomic E-state index is 13.3. The van der Waals surface area contributed by atoms with E-state index in [4.69, 9.17) is 4.74 Å². The Balaban J connectivity index is 1.36. The fourth-order valence-corrected chi connectivity index (χ4v) is 4.80. The van der Waals surface area contributed by atoms with Crippen molar-refractivity contribution in [1.29, 1.82) is 0 Å². The zero-order valence-electron chi connectivity index (χ0n) is 20.6. The number of amides is 1. The van der Waals surface area contributed by atoms with Crippen molar-refractivity contribution >= 4 is 16.8 Å². The molecule has 2 aromatic carbocycles. The van der Waals surface area contributed by atoms with Gasteiger partial charge in [-0.15, -0.1) is 0 Å². The van der Waals surface area contributed by atoms with E-state index < -0.39 is 13.0 Å². The third-order valence-electron chi connectivity index (χ3n) is 6.43. The summed E-state index contributed by atoms with van der Waals surface area (Å²) >= 11 is 0. The van der Waals surface area contributed by atoms with Crippen LogP contribution < -0.4 is 9.47 Å². The first-order valence-corrected chi connectivity index (χ1v) is 12.3. The number of likely N-dealkylation sites (tertiary alicyclic amines) is 1. The molecule has 1 fully saturated rings. The molecule has 1 N–H and O–H groups in total. The smallest absolute Gasteiger partial charge is 0.387 e. The topological polar surface area (TPSA) is 57.8 Å². The Morgan fingerprint density at radius 1 is 1.11 bits per heavy atom. The van der Waals surface area contributed by atoms with Crippen LogP contribution in [0.4, 0.5) is 13.2 Å². The van der Waals surface area contributed by atoms with E-state index >= 15 is 0 Å². The largest absolute Gasteiger partial charge is 0.461 e. The van der Waals surface area contributed by atoms with Crippen molar-refractivity contribution in [3.8, 4) is 11.5 Å². The number of H-pyrrole nitrogens is 1. The van der Waals surface area contributed by atoms with Gasteiger partial charge in [0.1, 0.15) is 17.2 Å². The first-order chi connectivity index (χ1) is 17.3. The number of alkyl halides is 3. The lowest BCUT2D eigenvalue weighted by Gasteiger charge is -2.35. The Labute approximate surface area is 209 Å². The summed E-state index contributed by atoms with van der Waals surface area (Å²) in [5.74, 6) is 0.800. The van der Waals surface area contributed by atoms with E-state index in [-0.39, 0.29) is 11.7 Å². The van der Waals surface area contributed by atoms with Gasteiger partial charge in [0.25, 0.3) is 5.91 Å². The number of benzene rings is 2. The zero-order chi connectivity index (χ0) is 25.7. The fourth-order valence-electron chi connectivity index (χ4n) is 4.80. The highest BCUT2D eigenvalue weighted by Gasteiger charge is 2.25. The van der Waals surface area contributed by atoms with Gasteiger partial charge in [0, 0.05) is 44.0 Å². The summed E-state index contributed by atoms with van der Waals surface area (Å²) in [7, 11) is 0. The van der Waals surface area contributed by atoms with E-state index in [1.165, 1.54) is 19.1 Å². The van der Waals surface area contributed by atoms with Gasteiger partial charge < -0.3 is 19.4 Å². The van der Waals surface area contributed by atoms with E-state index in [0.29, 0.717) is 41.4 Å². The molecule has 1 aliphatic heterocycles. The second-order valence-corrected chi connectivity index (χ2v) is 9.20. The lowest BCUT2D eigenvalue weighted by molar-refractivity contribution is -0.0497. The molecule has 0 radical (unpaired) electrons. The molecule has 0 aliphatic carbocycles. The monoisotopic (exact) mass is 503 g/mol. The molecule has 1 amide bonds. The third-order valence-corrected chi connectivity index (χ3v) is 6.43. The van der Waals surface area contributed by atoms with Crippen LogP contribution in [-0.4, -0.2) is 59.8 Å². The molecule has 36 heavy (non-hydrogen) atoms. The molecule has 2 atom stereocenters. The molecule has 1 aliphatic rings. The number of piperidine rings is 1. The van der Waals surface area contributed by atoms with E-state index in [9.17, 15) is 18.0 Å². The van der Waals surface area contributed by atoms with Crippen LogP contribution >= 0.6 is 0 Å². The number of hydrogen-bond acceptors (Lipinski definition) is 4. The number of nitrogens with zero attached hydrogens (tertiary/aromatic N) is 2. The van der Waals surface area contributed by atoms with Crippen LogP contribution in [0.1, 0.15) is 42.7 Å². The Bertz CT molecular complexity index is 1150. The van der Waals surface area contributed by atoms with Crippen molar-refractivity contribution in [2.24, 2.45) is 5.92 Å². The predicted octanol–water partition coefficient (Wildman–Crippen LogP) is 5.84. The molecule has 0 saturated carbocycles. The zero-order valence-corrected chi connectivity index (χ0v) is 20.6. The van der Waals surface area contributed by atoms with Gasteiger partial charge in [0.2, 0.25) is 6.36 Å². The molecular formula is C27H32F3N3O3. The van der Waals surface area contributed by atoms with Crippen LogP contribution in [0.2, 0.25) is 0 Å². The van der Waals surface area contributed by atoms with Crippen LogP contribution in [-0.2, 0) is 6.54 Å². The number of carbonyl (C=O) groups excluding carboxylic acids is 1. The number of aromatic amines is 1. The molecular weight excluding hydrogens is 471 g/mol. The first kappa shape index (κ1) is 25.9. The minimum atomic E-state index is -2.90. The molecule has 2 heterocycles. The van der Waals surface area contributed by atoms with E-state index in [2.05, 4.69) is 14.6 Å². The Morgan fingerprint density at radius 3 is 2.56 bits per heavy atom. The molecule has 0 bridgehead atoms. The van der Waals surface area contributed by atoms with Gasteiger partial charge in [-0.25, -0.2) is 4.39 Å². The highest BCUT2D eigenvalue weighted by Crippen LogP contribution is 2.25. The average molecular weight is 504 g/mol. The van der Waals surface area contributed by atoms with Crippen molar-refractivity contribution < 1.29 is 27.4 Å². The van der Waals surface area contributed by atoms with Crippen molar-refractivity contribution in [3.63, 3.8) is 0 Å². The van der Waals surface area contributed by atoms with Crippen LogP contribution in [0.5, 0.6) is 11.5 Å². The first-order valence-electron chi connectivity index (χ1n) is 12.3. The second-order valence-electron chi connectivity index (χ2n) is 9.20. The number of carbonyl (C=O) groups is 1. The summed E-state index contributed by atoms with van der Waals surface area (Å²) in [6.45, 7) is 4.27. The second kappa shape index (κ2) is 11.7. The lowest BCUT2D eigenvalue weighted by atomic mass is 9.96. The summed E-state index contributed by atoms with van der Waals surface area (Å²) in [6, 6.07) is 13.8. The molecule has 1 saturated heterocycles. The van der Waals surface area contributed by atoms with Crippen molar-refractivity contribution in [3.05, 3.63) is 59.8 Å². The number of aromatic nitrogens is 1. The van der Waals surface area contributed by atoms with Gasteiger partial charge in [-0.1, -0.05) is 12.1 Å². The van der Waals surface area contributed by atoms with Gasteiger partial charge in [-0.05, 0) is 74.2 Å². The molecule has 2 unspecified atom stereocenters. The summed E-state index contributed by atoms with van der Waals surface area (Å²) < 4.78 is 47.6. The summed E-state index contributed by atoms with van der Waals surface area (Å²) in [4.78, 5) is 20.6. The molecule has 3 aromatic rings. The quantitative estimate of drug-likeness (QED) is 0.378. The fraction of sp³-hybridized carbons (Fsp3) is 0.444. The molecule has 0 spiro atoms. The molecule has 1 aromatic heterocycles. The predicted molar refractivity (Wildman–Crippen MR) is 132 cm³/mol.